The van der Waals surface area contributed by atoms with Crippen LogP contribution in [0.2, 0.25) is 15.1 Å². The molecule has 1 N–H and O–H groups in total. The minimum Gasteiger partial charge on any atom is -0.488 e. The Morgan fingerprint density at radius 1 is 1.06 bits per heavy atom. The van der Waals surface area contributed by atoms with E-state index >= 15 is 0 Å². The van der Waals surface area contributed by atoms with E-state index in [1.54, 1.807) is 24.3 Å². The first-order valence-corrected chi connectivity index (χ1v) is 12.0. The second kappa shape index (κ2) is 10.3. The van der Waals surface area contributed by atoms with Gasteiger partial charge in [-0.2, -0.15) is 0 Å². The molecule has 32 heavy (non-hydrogen) atoms. The highest BCUT2D eigenvalue weighted by Gasteiger charge is 2.24. The summed E-state index contributed by atoms with van der Waals surface area (Å²) in [7, 11) is 0. The van der Waals surface area contributed by atoms with Crippen LogP contribution in [-0.4, -0.2) is 11.1 Å². The number of ether oxygens (including phenoxy) is 1. The van der Waals surface area contributed by atoms with Gasteiger partial charge in [0.1, 0.15) is 12.4 Å². The number of nitrogens with one attached hydrogen (secondary N) is 1. The molecule has 4 rings (SSSR count). The van der Waals surface area contributed by atoms with E-state index in [1.165, 1.54) is 11.8 Å². The number of aliphatic imine (C=N–C) groups is 1. The van der Waals surface area contributed by atoms with Crippen molar-refractivity contribution >= 4 is 85.3 Å². The summed E-state index contributed by atoms with van der Waals surface area (Å²) < 4.78 is 6.66. The molecule has 0 aliphatic carbocycles. The minimum atomic E-state index is -0.230. The lowest BCUT2D eigenvalue weighted by Gasteiger charge is -2.09. The second-order valence-corrected chi connectivity index (χ2v) is 9.77. The van der Waals surface area contributed by atoms with E-state index in [1.807, 2.05) is 42.5 Å². The molecule has 162 valence electrons. The SMILES string of the molecule is O=C1NC(=Nc2cccc(Cl)c2Cl)S/C1=C\c1ccc(OCc2ccc(Cl)cc2)c(Br)c1. The quantitative estimate of drug-likeness (QED) is 0.319. The van der Waals surface area contributed by atoms with Gasteiger partial charge in [0.25, 0.3) is 5.91 Å². The maximum absolute atomic E-state index is 12.4. The monoisotopic (exact) mass is 566 g/mol. The van der Waals surface area contributed by atoms with Gasteiger partial charge in [-0.25, -0.2) is 4.99 Å². The van der Waals surface area contributed by atoms with Crippen molar-refractivity contribution in [2.24, 2.45) is 4.99 Å². The number of amidine groups is 1. The summed E-state index contributed by atoms with van der Waals surface area (Å²) in [5, 5.41) is 4.61. The summed E-state index contributed by atoms with van der Waals surface area (Å²) in [6.07, 6.45) is 1.79. The largest absolute Gasteiger partial charge is 0.488 e. The molecule has 0 aromatic heterocycles. The Kier molecular flexibility index (Phi) is 7.48. The van der Waals surface area contributed by atoms with Gasteiger partial charge in [-0.3, -0.25) is 4.79 Å². The maximum Gasteiger partial charge on any atom is 0.264 e. The zero-order chi connectivity index (χ0) is 22.7. The van der Waals surface area contributed by atoms with Crippen molar-refractivity contribution in [2.75, 3.05) is 0 Å². The smallest absolute Gasteiger partial charge is 0.264 e. The van der Waals surface area contributed by atoms with Crippen LogP contribution < -0.4 is 10.1 Å². The zero-order valence-electron chi connectivity index (χ0n) is 16.2. The predicted octanol–water partition coefficient (Wildman–Crippen LogP) is 7.88. The molecule has 3 aromatic carbocycles. The molecule has 0 bridgehead atoms. The molecule has 0 saturated carbocycles. The van der Waals surface area contributed by atoms with Crippen molar-refractivity contribution in [1.29, 1.82) is 0 Å². The second-order valence-electron chi connectivity index (χ2n) is 6.66. The first-order valence-electron chi connectivity index (χ1n) is 9.29. The first-order chi connectivity index (χ1) is 15.4. The Labute approximate surface area is 212 Å². The average Bonchev–Trinajstić information content (AvgIpc) is 3.10. The van der Waals surface area contributed by atoms with E-state index in [4.69, 9.17) is 39.5 Å². The van der Waals surface area contributed by atoms with Crippen LogP contribution in [0.5, 0.6) is 5.75 Å². The highest BCUT2D eigenvalue weighted by Crippen LogP contribution is 2.35. The number of carbonyl (C=O) groups excluding carboxylic acids is 1. The molecule has 1 heterocycles. The molecule has 4 nitrogen and oxygen atoms in total. The summed E-state index contributed by atoms with van der Waals surface area (Å²) in [5.74, 6) is 0.467. The Morgan fingerprint density at radius 2 is 1.84 bits per heavy atom. The van der Waals surface area contributed by atoms with Gasteiger partial charge in [0, 0.05) is 5.02 Å². The molecule has 1 amide bonds. The lowest BCUT2D eigenvalue weighted by molar-refractivity contribution is -0.115. The van der Waals surface area contributed by atoms with Crippen LogP contribution >= 0.6 is 62.5 Å². The summed E-state index contributed by atoms with van der Waals surface area (Å²) in [4.78, 5) is 17.3. The van der Waals surface area contributed by atoms with Crippen molar-refractivity contribution in [1.82, 2.24) is 5.32 Å². The van der Waals surface area contributed by atoms with Crippen molar-refractivity contribution in [3.8, 4) is 5.75 Å². The highest BCUT2D eigenvalue weighted by molar-refractivity contribution is 9.10. The summed E-state index contributed by atoms with van der Waals surface area (Å²) in [5.41, 5.74) is 2.35. The van der Waals surface area contributed by atoms with Crippen LogP contribution in [0.25, 0.3) is 6.08 Å². The lowest BCUT2D eigenvalue weighted by Crippen LogP contribution is -2.19. The van der Waals surface area contributed by atoms with Gasteiger partial charge in [-0.05, 0) is 81.3 Å². The first kappa shape index (κ1) is 23.2. The Balaban J connectivity index is 1.47. The van der Waals surface area contributed by atoms with Crippen molar-refractivity contribution in [3.05, 3.63) is 96.2 Å². The van der Waals surface area contributed by atoms with Crippen molar-refractivity contribution in [3.63, 3.8) is 0 Å². The number of benzene rings is 3. The molecule has 1 fully saturated rings. The third-order valence-electron chi connectivity index (χ3n) is 4.37. The molecule has 1 aliphatic rings. The maximum atomic E-state index is 12.4. The summed E-state index contributed by atoms with van der Waals surface area (Å²) >= 11 is 22.9. The number of amides is 1. The third kappa shape index (κ3) is 5.69. The zero-order valence-corrected chi connectivity index (χ0v) is 20.9. The molecule has 0 radical (unpaired) electrons. The topological polar surface area (TPSA) is 50.7 Å². The van der Waals surface area contributed by atoms with Gasteiger partial charge in [-0.15, -0.1) is 0 Å². The number of thioether (sulfide) groups is 1. The van der Waals surface area contributed by atoms with Gasteiger partial charge in [0.15, 0.2) is 5.17 Å². The summed E-state index contributed by atoms with van der Waals surface area (Å²) in [6.45, 7) is 0.417. The van der Waals surface area contributed by atoms with Gasteiger partial charge in [-0.1, -0.05) is 59.1 Å². The van der Waals surface area contributed by atoms with Crippen LogP contribution in [0.3, 0.4) is 0 Å². The fraction of sp³-hybridized carbons (Fsp3) is 0.0435. The number of halogens is 4. The molecule has 0 atom stereocenters. The fourth-order valence-electron chi connectivity index (χ4n) is 2.79. The highest BCUT2D eigenvalue weighted by atomic mass is 79.9. The molecule has 9 heteroatoms. The Hall–Kier alpha value is -1.96. The molecule has 0 spiro atoms. The van der Waals surface area contributed by atoms with Gasteiger partial charge in [0.2, 0.25) is 0 Å². The summed E-state index contributed by atoms with van der Waals surface area (Å²) in [6, 6.07) is 18.3. The van der Waals surface area contributed by atoms with E-state index < -0.39 is 0 Å². The molecular formula is C23H14BrCl3N2O2S. The average molecular weight is 569 g/mol. The van der Waals surface area contributed by atoms with Crippen LogP contribution in [0.4, 0.5) is 5.69 Å². The van der Waals surface area contributed by atoms with E-state index in [0.717, 1.165) is 15.6 Å². The Bertz CT molecular complexity index is 1250. The Morgan fingerprint density at radius 3 is 2.59 bits per heavy atom. The van der Waals surface area contributed by atoms with Crippen LogP contribution in [-0.2, 0) is 11.4 Å². The van der Waals surface area contributed by atoms with E-state index in [0.29, 0.717) is 43.2 Å². The number of nitrogens with zero attached hydrogens (tertiary/aromatic N) is 1. The van der Waals surface area contributed by atoms with Crippen LogP contribution in [0.15, 0.2) is 75.0 Å². The van der Waals surface area contributed by atoms with E-state index in [2.05, 4.69) is 26.2 Å². The van der Waals surface area contributed by atoms with E-state index in [9.17, 15) is 4.79 Å². The number of carbonyl (C=O) groups is 1. The van der Waals surface area contributed by atoms with E-state index in [-0.39, 0.29) is 5.91 Å². The normalized spacial score (nSPS) is 15.9. The molecule has 1 saturated heterocycles. The fourth-order valence-corrected chi connectivity index (χ4v) is 4.60. The molecular weight excluding hydrogens is 555 g/mol. The van der Waals surface area contributed by atoms with Gasteiger partial charge >= 0.3 is 0 Å². The van der Waals surface area contributed by atoms with Crippen molar-refractivity contribution < 1.29 is 9.53 Å². The lowest BCUT2D eigenvalue weighted by atomic mass is 10.2. The van der Waals surface area contributed by atoms with Crippen LogP contribution in [0.1, 0.15) is 11.1 Å². The molecule has 1 aliphatic heterocycles. The molecule has 0 unspecified atom stereocenters. The third-order valence-corrected chi connectivity index (χ3v) is 6.96. The standard InChI is InChI=1S/C23H14BrCl3N2O2S/c24-16-10-14(6-9-19(16)31-12-13-4-7-15(25)8-5-13)11-20-22(30)29-23(32-20)28-18-3-1-2-17(26)21(18)27/h1-11H,12H2,(H,28,29,30)/b20-11-. The number of hydrogen-bond acceptors (Lipinski definition) is 4. The molecule has 3 aromatic rings. The van der Waals surface area contributed by atoms with Crippen LogP contribution in [0, 0.1) is 0 Å². The minimum absolute atomic E-state index is 0.230. The predicted molar refractivity (Wildman–Crippen MR) is 137 cm³/mol. The van der Waals surface area contributed by atoms with Gasteiger partial charge in [0.05, 0.1) is 25.1 Å². The number of rotatable bonds is 5. The number of hydrogen-bond donors (Lipinski definition) is 1. The van der Waals surface area contributed by atoms with Gasteiger partial charge < -0.3 is 10.1 Å². The van der Waals surface area contributed by atoms with Crippen molar-refractivity contribution in [2.45, 2.75) is 6.61 Å².